The van der Waals surface area contributed by atoms with Gasteiger partial charge in [-0.2, -0.15) is 0 Å². The Morgan fingerprint density at radius 2 is 1.88 bits per heavy atom. The average Bonchev–Trinajstić information content (AvgIpc) is 3.33. The summed E-state index contributed by atoms with van der Waals surface area (Å²) in [4.78, 5) is 34.2. The zero-order chi connectivity index (χ0) is 17.4. The van der Waals surface area contributed by atoms with E-state index in [9.17, 15) is 9.59 Å². The Kier molecular flexibility index (Phi) is 4.31. The van der Waals surface area contributed by atoms with Crippen LogP contribution in [0.25, 0.3) is 0 Å². The number of benzene rings is 1. The van der Waals surface area contributed by atoms with Gasteiger partial charge >= 0.3 is 0 Å². The molecule has 2 aliphatic heterocycles. The Morgan fingerprint density at radius 3 is 2.56 bits per heavy atom. The van der Waals surface area contributed by atoms with Gasteiger partial charge in [0.25, 0.3) is 5.91 Å². The molecule has 2 fully saturated rings. The van der Waals surface area contributed by atoms with E-state index < -0.39 is 12.0 Å². The maximum Gasteiger partial charge on any atom is 0.261 e. The molecule has 0 N–H and O–H groups in total. The summed E-state index contributed by atoms with van der Waals surface area (Å²) in [6, 6.07) is 13.4. The average molecular weight is 356 g/mol. The van der Waals surface area contributed by atoms with E-state index in [1.54, 1.807) is 16.4 Å². The zero-order valence-electron chi connectivity index (χ0n) is 14.0. The predicted octanol–water partition coefficient (Wildman–Crippen LogP) is 3.39. The fourth-order valence-corrected chi connectivity index (χ4v) is 4.41. The van der Waals surface area contributed by atoms with Crippen LogP contribution in [0, 0.1) is 5.92 Å². The molecule has 2 amide bonds. The summed E-state index contributed by atoms with van der Waals surface area (Å²) in [5, 5.41) is 3.73. The number of hydrogen-bond donors (Lipinski definition) is 0. The number of carbonyl (C=O) groups is 2. The van der Waals surface area contributed by atoms with E-state index in [0.717, 1.165) is 23.4 Å². The normalized spacial score (nSPS) is 25.7. The molecule has 130 valence electrons. The molecule has 0 saturated carbocycles. The van der Waals surface area contributed by atoms with Crippen molar-refractivity contribution in [3.05, 3.63) is 52.7 Å². The molecule has 1 aromatic heterocycles. The monoisotopic (exact) mass is 356 g/mol. The van der Waals surface area contributed by atoms with Crippen molar-refractivity contribution < 1.29 is 14.4 Å². The molecule has 5 nitrogen and oxygen atoms in total. The molecule has 6 heteroatoms. The lowest BCUT2D eigenvalue weighted by atomic mass is 9.95. The fraction of sp³-hybridized carbons (Fsp3) is 0.368. The number of carbonyl (C=O) groups excluding carboxylic acids is 2. The van der Waals surface area contributed by atoms with Gasteiger partial charge in [0.1, 0.15) is 12.0 Å². The second-order valence-electron chi connectivity index (χ2n) is 6.36. The first kappa shape index (κ1) is 16.3. The molecule has 4 rings (SSSR count). The molecule has 0 spiro atoms. The van der Waals surface area contributed by atoms with Crippen LogP contribution in [0.15, 0.2) is 47.8 Å². The number of hydroxylamine groups is 1. The fourth-order valence-electron chi connectivity index (χ4n) is 3.56. The molecular weight excluding hydrogens is 336 g/mol. The van der Waals surface area contributed by atoms with Gasteiger partial charge in [-0.1, -0.05) is 37.6 Å². The first-order valence-corrected chi connectivity index (χ1v) is 9.50. The largest absolute Gasteiger partial charge is 0.280 e. The van der Waals surface area contributed by atoms with Crippen LogP contribution in [0.5, 0.6) is 0 Å². The minimum absolute atomic E-state index is 0.111. The first-order chi connectivity index (χ1) is 12.2. The smallest absolute Gasteiger partial charge is 0.261 e. The molecule has 0 bridgehead atoms. The summed E-state index contributed by atoms with van der Waals surface area (Å²) in [5.41, 5.74) is 0.857. The van der Waals surface area contributed by atoms with Gasteiger partial charge in [0.15, 0.2) is 6.10 Å². The highest BCUT2D eigenvalue weighted by Gasteiger charge is 2.59. The summed E-state index contributed by atoms with van der Waals surface area (Å²) >= 11 is 1.59. The molecule has 0 aliphatic carbocycles. The van der Waals surface area contributed by atoms with Crippen molar-refractivity contribution in [3.63, 3.8) is 0 Å². The highest BCUT2D eigenvalue weighted by atomic mass is 32.1. The van der Waals surface area contributed by atoms with Crippen LogP contribution in [-0.4, -0.2) is 29.4 Å². The second-order valence-corrected chi connectivity index (χ2v) is 7.33. The molecule has 2 saturated heterocycles. The molecule has 3 atom stereocenters. The van der Waals surface area contributed by atoms with Crippen molar-refractivity contribution in [1.29, 1.82) is 0 Å². The molecule has 2 aliphatic rings. The quantitative estimate of drug-likeness (QED) is 0.771. The van der Waals surface area contributed by atoms with Crippen LogP contribution in [-0.2, 0) is 14.4 Å². The van der Waals surface area contributed by atoms with Crippen molar-refractivity contribution >= 4 is 28.8 Å². The highest BCUT2D eigenvalue weighted by molar-refractivity contribution is 7.10. The second kappa shape index (κ2) is 6.61. The van der Waals surface area contributed by atoms with E-state index in [4.69, 9.17) is 4.84 Å². The Bertz CT molecular complexity index is 762. The standard InChI is InChI=1S/C19H20N2O3S/c1-2-3-11-20-18(22)15-16(14-10-7-12-25-14)21(24-17(15)19(20)23)13-8-5-4-6-9-13/h4-10,12,15-17H,2-3,11H2,1H3/t15-,16-,17+/m1/s1. The minimum atomic E-state index is -0.725. The van der Waals surface area contributed by atoms with Crippen molar-refractivity contribution in [2.75, 3.05) is 11.6 Å². The maximum atomic E-state index is 13.0. The van der Waals surface area contributed by atoms with Gasteiger partial charge in [-0.15, -0.1) is 11.3 Å². The van der Waals surface area contributed by atoms with Gasteiger partial charge in [0.05, 0.1) is 5.69 Å². The van der Waals surface area contributed by atoms with Crippen LogP contribution >= 0.6 is 11.3 Å². The number of imide groups is 1. The number of hydrogen-bond acceptors (Lipinski definition) is 5. The van der Waals surface area contributed by atoms with Gasteiger partial charge in [-0.3, -0.25) is 19.3 Å². The van der Waals surface area contributed by atoms with Crippen molar-refractivity contribution in [2.45, 2.75) is 31.9 Å². The van der Waals surface area contributed by atoms with E-state index in [0.29, 0.717) is 6.54 Å². The molecule has 1 aromatic carbocycles. The van der Waals surface area contributed by atoms with Gasteiger partial charge in [0, 0.05) is 11.4 Å². The number of para-hydroxylation sites is 1. The molecule has 0 unspecified atom stereocenters. The van der Waals surface area contributed by atoms with Crippen LogP contribution < -0.4 is 5.06 Å². The zero-order valence-corrected chi connectivity index (χ0v) is 14.8. The number of anilines is 1. The third-order valence-electron chi connectivity index (χ3n) is 4.79. The van der Waals surface area contributed by atoms with E-state index in [1.165, 1.54) is 4.90 Å². The SMILES string of the molecule is CCCCN1C(=O)[C@H]2[C@H](ON(c3ccccc3)[C@@H]2c2cccs2)C1=O. The number of unbranched alkanes of at least 4 members (excludes halogenated alkanes) is 1. The lowest BCUT2D eigenvalue weighted by Crippen LogP contribution is -2.37. The summed E-state index contributed by atoms with van der Waals surface area (Å²) in [5.74, 6) is -0.799. The summed E-state index contributed by atoms with van der Waals surface area (Å²) in [6.45, 7) is 2.53. The number of rotatable bonds is 5. The van der Waals surface area contributed by atoms with Crippen LogP contribution in [0.4, 0.5) is 5.69 Å². The van der Waals surface area contributed by atoms with Crippen molar-refractivity contribution in [1.82, 2.24) is 4.90 Å². The van der Waals surface area contributed by atoms with Gasteiger partial charge in [0.2, 0.25) is 5.91 Å². The topological polar surface area (TPSA) is 49.9 Å². The van der Waals surface area contributed by atoms with Crippen LogP contribution in [0.1, 0.15) is 30.7 Å². The lowest BCUT2D eigenvalue weighted by Gasteiger charge is -2.27. The van der Waals surface area contributed by atoms with Gasteiger partial charge in [-0.05, 0) is 30.0 Å². The Labute approximate surface area is 150 Å². The maximum absolute atomic E-state index is 13.0. The van der Waals surface area contributed by atoms with E-state index in [2.05, 4.69) is 0 Å². The summed E-state index contributed by atoms with van der Waals surface area (Å²) in [6.07, 6.45) is 1.04. The molecular formula is C19H20N2O3S. The molecule has 3 heterocycles. The third kappa shape index (κ3) is 2.65. The molecule has 0 radical (unpaired) electrons. The van der Waals surface area contributed by atoms with Gasteiger partial charge in [-0.25, -0.2) is 5.06 Å². The number of nitrogens with zero attached hydrogens (tertiary/aromatic N) is 2. The Morgan fingerprint density at radius 1 is 1.08 bits per heavy atom. The predicted molar refractivity (Wildman–Crippen MR) is 96.0 cm³/mol. The van der Waals surface area contributed by atoms with Crippen molar-refractivity contribution in [3.8, 4) is 0 Å². The minimum Gasteiger partial charge on any atom is -0.280 e. The van der Waals surface area contributed by atoms with E-state index in [-0.39, 0.29) is 17.9 Å². The number of thiophene rings is 1. The third-order valence-corrected chi connectivity index (χ3v) is 5.73. The highest BCUT2D eigenvalue weighted by Crippen LogP contribution is 2.47. The first-order valence-electron chi connectivity index (χ1n) is 8.62. The molecule has 25 heavy (non-hydrogen) atoms. The summed E-state index contributed by atoms with van der Waals surface area (Å²) < 4.78 is 0. The molecule has 2 aromatic rings. The van der Waals surface area contributed by atoms with Crippen LogP contribution in [0.2, 0.25) is 0 Å². The number of fused-ring (bicyclic) bond motifs is 1. The summed E-state index contributed by atoms with van der Waals surface area (Å²) in [7, 11) is 0. The van der Waals surface area contributed by atoms with Crippen molar-refractivity contribution in [2.24, 2.45) is 5.92 Å². The Balaban J connectivity index is 1.71. The van der Waals surface area contributed by atoms with E-state index in [1.807, 2.05) is 54.8 Å². The lowest BCUT2D eigenvalue weighted by molar-refractivity contribution is -0.143. The van der Waals surface area contributed by atoms with Crippen LogP contribution in [0.3, 0.4) is 0 Å². The Hall–Kier alpha value is -2.18. The van der Waals surface area contributed by atoms with Gasteiger partial charge < -0.3 is 0 Å². The van der Waals surface area contributed by atoms with E-state index >= 15 is 0 Å². The number of amides is 2. The number of likely N-dealkylation sites (tertiary alicyclic amines) is 1.